The molecule has 88 valence electrons. The van der Waals surface area contributed by atoms with Gasteiger partial charge < -0.3 is 10.4 Å². The van der Waals surface area contributed by atoms with E-state index in [-0.39, 0.29) is 6.61 Å². The third kappa shape index (κ3) is 3.32. The maximum absolute atomic E-state index is 9.21. The Bertz CT molecular complexity index is 499. The van der Waals surface area contributed by atoms with E-state index < -0.39 is 0 Å². The highest BCUT2D eigenvalue weighted by Gasteiger charge is 2.00. The molecule has 0 saturated heterocycles. The fraction of sp³-hybridized carbons (Fsp3) is 0.143. The van der Waals surface area contributed by atoms with Crippen LogP contribution in [0.5, 0.6) is 0 Å². The van der Waals surface area contributed by atoms with Crippen LogP contribution in [-0.4, -0.2) is 5.11 Å². The first kappa shape index (κ1) is 12.1. The lowest BCUT2D eigenvalue weighted by atomic mass is 10.1. The molecule has 0 bridgehead atoms. The summed E-state index contributed by atoms with van der Waals surface area (Å²) in [6.45, 7) is 0.804. The van der Waals surface area contributed by atoms with Crippen molar-refractivity contribution in [2.75, 3.05) is 5.32 Å². The predicted octanol–water partition coefficient (Wildman–Crippen LogP) is 3.55. The van der Waals surface area contributed by atoms with Gasteiger partial charge in [0.25, 0.3) is 0 Å². The SMILES string of the molecule is OCc1ccccc1NCc1cccc(Br)c1. The maximum atomic E-state index is 9.21. The monoisotopic (exact) mass is 291 g/mol. The Labute approximate surface area is 109 Å². The largest absolute Gasteiger partial charge is 0.392 e. The Morgan fingerprint density at radius 3 is 2.65 bits per heavy atom. The molecular weight excluding hydrogens is 278 g/mol. The summed E-state index contributed by atoms with van der Waals surface area (Å²) in [5, 5.41) is 12.5. The summed E-state index contributed by atoms with van der Waals surface area (Å²) >= 11 is 3.45. The van der Waals surface area contributed by atoms with E-state index in [0.29, 0.717) is 0 Å². The molecule has 2 N–H and O–H groups in total. The smallest absolute Gasteiger partial charge is 0.0701 e. The zero-order chi connectivity index (χ0) is 12.1. The van der Waals surface area contributed by atoms with Gasteiger partial charge in [-0.3, -0.25) is 0 Å². The summed E-state index contributed by atoms with van der Waals surface area (Å²) in [4.78, 5) is 0. The van der Waals surface area contributed by atoms with Crippen LogP contribution in [0.25, 0.3) is 0 Å². The Morgan fingerprint density at radius 1 is 1.06 bits per heavy atom. The number of nitrogens with one attached hydrogen (secondary N) is 1. The van der Waals surface area contributed by atoms with Gasteiger partial charge in [-0.1, -0.05) is 46.3 Å². The van der Waals surface area contributed by atoms with Gasteiger partial charge in [0.2, 0.25) is 0 Å². The molecule has 2 rings (SSSR count). The van der Waals surface area contributed by atoms with Gasteiger partial charge in [-0.15, -0.1) is 0 Å². The average molecular weight is 292 g/mol. The molecule has 0 fully saturated rings. The van der Waals surface area contributed by atoms with Gasteiger partial charge >= 0.3 is 0 Å². The van der Waals surface area contributed by atoms with Crippen LogP contribution in [0, 0.1) is 0 Å². The van der Waals surface area contributed by atoms with Gasteiger partial charge in [-0.05, 0) is 23.8 Å². The molecule has 2 aromatic carbocycles. The van der Waals surface area contributed by atoms with Crippen molar-refractivity contribution in [1.29, 1.82) is 0 Å². The molecule has 0 aliphatic carbocycles. The van der Waals surface area contributed by atoms with Crippen LogP contribution in [-0.2, 0) is 13.2 Å². The van der Waals surface area contributed by atoms with E-state index in [0.717, 1.165) is 22.3 Å². The van der Waals surface area contributed by atoms with Crippen LogP contribution in [0.1, 0.15) is 11.1 Å². The highest BCUT2D eigenvalue weighted by molar-refractivity contribution is 9.10. The molecule has 0 heterocycles. The highest BCUT2D eigenvalue weighted by Crippen LogP contribution is 2.17. The second kappa shape index (κ2) is 5.84. The summed E-state index contributed by atoms with van der Waals surface area (Å²) in [7, 11) is 0. The Morgan fingerprint density at radius 2 is 1.88 bits per heavy atom. The fourth-order valence-electron chi connectivity index (χ4n) is 1.67. The fourth-order valence-corrected chi connectivity index (χ4v) is 2.12. The van der Waals surface area contributed by atoms with Crippen LogP contribution in [0.15, 0.2) is 53.0 Å². The number of hydrogen-bond donors (Lipinski definition) is 2. The average Bonchev–Trinajstić information content (AvgIpc) is 2.37. The number of hydrogen-bond acceptors (Lipinski definition) is 2. The summed E-state index contributed by atoms with van der Waals surface area (Å²) in [6, 6.07) is 15.9. The number of anilines is 1. The molecule has 0 radical (unpaired) electrons. The number of benzene rings is 2. The van der Waals surface area contributed by atoms with Crippen molar-refractivity contribution in [2.24, 2.45) is 0 Å². The summed E-state index contributed by atoms with van der Waals surface area (Å²) in [5.74, 6) is 0. The van der Waals surface area contributed by atoms with Crippen molar-refractivity contribution >= 4 is 21.6 Å². The van der Waals surface area contributed by atoms with Crippen molar-refractivity contribution in [1.82, 2.24) is 0 Å². The number of aliphatic hydroxyl groups excluding tert-OH is 1. The van der Waals surface area contributed by atoms with Crippen LogP contribution >= 0.6 is 15.9 Å². The zero-order valence-electron chi connectivity index (χ0n) is 9.36. The lowest BCUT2D eigenvalue weighted by Gasteiger charge is -2.10. The van der Waals surface area contributed by atoms with E-state index in [1.165, 1.54) is 5.56 Å². The Balaban J connectivity index is 2.07. The maximum Gasteiger partial charge on any atom is 0.0701 e. The van der Waals surface area contributed by atoms with Gasteiger partial charge in [0.15, 0.2) is 0 Å². The van der Waals surface area contributed by atoms with Gasteiger partial charge in [0, 0.05) is 22.3 Å². The molecule has 3 heteroatoms. The number of para-hydroxylation sites is 1. The highest BCUT2D eigenvalue weighted by atomic mass is 79.9. The van der Waals surface area contributed by atoms with Crippen LogP contribution in [0.2, 0.25) is 0 Å². The van der Waals surface area contributed by atoms with Crippen molar-refractivity contribution < 1.29 is 5.11 Å². The Kier molecular flexibility index (Phi) is 4.18. The van der Waals surface area contributed by atoms with Gasteiger partial charge in [0.1, 0.15) is 0 Å². The van der Waals surface area contributed by atoms with Crippen LogP contribution < -0.4 is 5.32 Å². The summed E-state index contributed by atoms with van der Waals surface area (Å²) in [6.07, 6.45) is 0. The van der Waals surface area contributed by atoms with Gasteiger partial charge in [-0.25, -0.2) is 0 Å². The molecule has 17 heavy (non-hydrogen) atoms. The van der Waals surface area contributed by atoms with Crippen molar-refractivity contribution in [3.63, 3.8) is 0 Å². The van der Waals surface area contributed by atoms with Gasteiger partial charge in [0.05, 0.1) is 6.61 Å². The minimum Gasteiger partial charge on any atom is -0.392 e. The first-order valence-electron chi connectivity index (χ1n) is 5.46. The minimum atomic E-state index is 0.0572. The van der Waals surface area contributed by atoms with E-state index in [9.17, 15) is 5.11 Å². The van der Waals surface area contributed by atoms with Crippen molar-refractivity contribution in [3.05, 3.63) is 64.1 Å². The summed E-state index contributed by atoms with van der Waals surface area (Å²) in [5.41, 5.74) is 3.10. The van der Waals surface area contributed by atoms with Crippen LogP contribution in [0.4, 0.5) is 5.69 Å². The Hall–Kier alpha value is -1.32. The summed E-state index contributed by atoms with van der Waals surface area (Å²) < 4.78 is 1.08. The van der Waals surface area contributed by atoms with E-state index in [1.54, 1.807) is 0 Å². The second-order valence-electron chi connectivity index (χ2n) is 3.80. The third-order valence-electron chi connectivity index (χ3n) is 2.56. The van der Waals surface area contributed by atoms with E-state index in [1.807, 2.05) is 36.4 Å². The van der Waals surface area contributed by atoms with Crippen molar-refractivity contribution in [2.45, 2.75) is 13.2 Å². The van der Waals surface area contributed by atoms with E-state index >= 15 is 0 Å². The molecule has 0 atom stereocenters. The quantitative estimate of drug-likeness (QED) is 0.903. The molecule has 0 aromatic heterocycles. The third-order valence-corrected chi connectivity index (χ3v) is 3.05. The molecule has 0 aliphatic heterocycles. The second-order valence-corrected chi connectivity index (χ2v) is 4.71. The van der Waals surface area contributed by atoms with Gasteiger partial charge in [-0.2, -0.15) is 0 Å². The first-order valence-corrected chi connectivity index (χ1v) is 6.26. The van der Waals surface area contributed by atoms with Crippen LogP contribution in [0.3, 0.4) is 0 Å². The molecule has 2 nitrogen and oxygen atoms in total. The molecule has 0 amide bonds. The first-order chi connectivity index (χ1) is 8.29. The lowest BCUT2D eigenvalue weighted by Crippen LogP contribution is -2.02. The number of halogens is 1. The number of aliphatic hydroxyl groups is 1. The topological polar surface area (TPSA) is 32.3 Å². The normalized spacial score (nSPS) is 10.2. The van der Waals surface area contributed by atoms with E-state index in [2.05, 4.69) is 33.4 Å². The molecule has 0 aliphatic rings. The molecule has 0 spiro atoms. The molecule has 2 aromatic rings. The molecular formula is C14H14BrNO. The predicted molar refractivity (Wildman–Crippen MR) is 73.8 cm³/mol. The lowest BCUT2D eigenvalue weighted by molar-refractivity contribution is 0.282. The molecule has 0 saturated carbocycles. The molecule has 0 unspecified atom stereocenters. The van der Waals surface area contributed by atoms with Crippen molar-refractivity contribution in [3.8, 4) is 0 Å². The minimum absolute atomic E-state index is 0.0572. The standard InChI is InChI=1S/C14H14BrNO/c15-13-6-3-4-11(8-13)9-16-14-7-2-1-5-12(14)10-17/h1-8,16-17H,9-10H2. The zero-order valence-corrected chi connectivity index (χ0v) is 10.9. The van der Waals surface area contributed by atoms with E-state index in [4.69, 9.17) is 0 Å². The number of rotatable bonds is 4.